The summed E-state index contributed by atoms with van der Waals surface area (Å²) in [4.78, 5) is 40.7. The molecular weight excluding hydrogens is 608 g/mol. The summed E-state index contributed by atoms with van der Waals surface area (Å²) in [5.41, 5.74) is 17.4. The smallest absolute Gasteiger partial charge is 0.254 e. The van der Waals surface area contributed by atoms with Gasteiger partial charge in [0, 0.05) is 50.0 Å². The van der Waals surface area contributed by atoms with Gasteiger partial charge in [-0.15, -0.1) is 0 Å². The number of amides is 3. The van der Waals surface area contributed by atoms with Crippen LogP contribution in [0.4, 0.5) is 0 Å². The van der Waals surface area contributed by atoms with Crippen LogP contribution in [-0.2, 0) is 61.8 Å². The van der Waals surface area contributed by atoms with Crippen molar-refractivity contribution in [1.82, 2.24) is 14.4 Å². The van der Waals surface area contributed by atoms with Crippen LogP contribution in [-0.4, -0.2) is 45.7 Å². The Hall–Kier alpha value is -4.65. The summed E-state index contributed by atoms with van der Waals surface area (Å²) >= 11 is 0. The van der Waals surface area contributed by atoms with E-state index in [0.29, 0.717) is 32.6 Å². The van der Waals surface area contributed by atoms with E-state index in [1.807, 2.05) is 40.1 Å². The molecule has 0 aliphatic carbocycles. The fourth-order valence-electron chi connectivity index (χ4n) is 7.50. The number of hydrogen-bond donors (Lipinski definition) is 1. The molecule has 258 valence electrons. The SMILES string of the molecule is CCCCc1c(CCCC)c(-c2cc3c(cc2C(=O)N2CCc4ccccc4C2)CN(C(=O)Cc2ccccc2)CC3)n(C)c1C.NC=O. The summed E-state index contributed by atoms with van der Waals surface area (Å²) in [7, 11) is 2.18. The highest BCUT2D eigenvalue weighted by molar-refractivity contribution is 6.01. The highest BCUT2D eigenvalue weighted by atomic mass is 16.2. The van der Waals surface area contributed by atoms with E-state index in [1.165, 1.54) is 45.6 Å². The lowest BCUT2D eigenvalue weighted by Gasteiger charge is -2.32. The van der Waals surface area contributed by atoms with Crippen molar-refractivity contribution in [1.29, 1.82) is 0 Å². The maximum atomic E-state index is 14.7. The van der Waals surface area contributed by atoms with Crippen molar-refractivity contribution < 1.29 is 14.4 Å². The van der Waals surface area contributed by atoms with Crippen molar-refractivity contribution in [3.8, 4) is 11.3 Å². The number of benzene rings is 3. The maximum Gasteiger partial charge on any atom is 0.254 e. The van der Waals surface area contributed by atoms with Crippen LogP contribution in [0.1, 0.15) is 94.5 Å². The van der Waals surface area contributed by atoms with E-state index >= 15 is 0 Å². The number of hydrogen-bond acceptors (Lipinski definition) is 3. The number of fused-ring (bicyclic) bond motifs is 2. The third-order valence-corrected chi connectivity index (χ3v) is 10.3. The Morgan fingerprint density at radius 2 is 1.37 bits per heavy atom. The zero-order valence-electron chi connectivity index (χ0n) is 29.8. The van der Waals surface area contributed by atoms with Gasteiger partial charge in [0.2, 0.25) is 12.3 Å². The minimum Gasteiger partial charge on any atom is -0.372 e. The first-order chi connectivity index (χ1) is 23.8. The van der Waals surface area contributed by atoms with Crippen LogP contribution >= 0.6 is 0 Å². The third-order valence-electron chi connectivity index (χ3n) is 10.3. The van der Waals surface area contributed by atoms with Crippen molar-refractivity contribution in [2.45, 2.75) is 91.6 Å². The lowest BCUT2D eigenvalue weighted by molar-refractivity contribution is -0.131. The van der Waals surface area contributed by atoms with Gasteiger partial charge in [0.1, 0.15) is 0 Å². The zero-order valence-corrected chi connectivity index (χ0v) is 29.8. The molecule has 6 rings (SSSR count). The second-order valence-electron chi connectivity index (χ2n) is 13.4. The Morgan fingerprint density at radius 1 is 0.776 bits per heavy atom. The van der Waals surface area contributed by atoms with Crippen molar-refractivity contribution in [3.63, 3.8) is 0 Å². The number of carbonyl (C=O) groups is 3. The molecule has 0 saturated heterocycles. The molecule has 0 fully saturated rings. The van der Waals surface area contributed by atoms with Crippen molar-refractivity contribution in [2.24, 2.45) is 12.8 Å². The summed E-state index contributed by atoms with van der Waals surface area (Å²) in [6.07, 6.45) is 9.01. The summed E-state index contributed by atoms with van der Waals surface area (Å²) < 4.78 is 2.36. The summed E-state index contributed by atoms with van der Waals surface area (Å²) in [6, 6.07) is 23.0. The maximum absolute atomic E-state index is 14.7. The van der Waals surface area contributed by atoms with Crippen molar-refractivity contribution in [2.75, 3.05) is 13.1 Å². The molecule has 49 heavy (non-hydrogen) atoms. The highest BCUT2D eigenvalue weighted by Gasteiger charge is 2.30. The Balaban J connectivity index is 0.00000151. The predicted molar refractivity (Wildman–Crippen MR) is 197 cm³/mol. The lowest BCUT2D eigenvalue weighted by Crippen LogP contribution is -2.38. The average molecular weight is 661 g/mol. The van der Waals surface area contributed by atoms with E-state index < -0.39 is 0 Å². The molecule has 4 aromatic rings. The highest BCUT2D eigenvalue weighted by Crippen LogP contribution is 2.38. The van der Waals surface area contributed by atoms with Gasteiger partial charge in [-0.3, -0.25) is 14.4 Å². The molecule has 0 unspecified atom stereocenters. The van der Waals surface area contributed by atoms with Crippen LogP contribution in [0.3, 0.4) is 0 Å². The largest absolute Gasteiger partial charge is 0.372 e. The monoisotopic (exact) mass is 660 g/mol. The molecular formula is C42H52N4O3. The first-order valence-electron chi connectivity index (χ1n) is 18.0. The normalized spacial score (nSPS) is 13.6. The molecule has 7 heteroatoms. The second-order valence-corrected chi connectivity index (χ2v) is 13.4. The average Bonchev–Trinajstić information content (AvgIpc) is 3.36. The molecule has 3 amide bonds. The van der Waals surface area contributed by atoms with Crippen molar-refractivity contribution in [3.05, 3.63) is 117 Å². The lowest BCUT2D eigenvalue weighted by atomic mass is 9.88. The number of carbonyl (C=O) groups excluding carboxylic acids is 3. The van der Waals surface area contributed by atoms with Gasteiger partial charge in [-0.2, -0.15) is 0 Å². The molecule has 3 heterocycles. The van der Waals surface area contributed by atoms with E-state index in [-0.39, 0.29) is 18.2 Å². The number of rotatable bonds is 10. The van der Waals surface area contributed by atoms with E-state index in [2.05, 4.69) is 74.5 Å². The molecule has 0 saturated carbocycles. The third kappa shape index (κ3) is 7.98. The molecule has 0 spiro atoms. The number of aromatic nitrogens is 1. The van der Waals surface area contributed by atoms with Crippen LogP contribution < -0.4 is 5.73 Å². The molecule has 2 aliphatic heterocycles. The van der Waals surface area contributed by atoms with Crippen molar-refractivity contribution >= 4 is 18.2 Å². The molecule has 0 atom stereocenters. The molecule has 7 nitrogen and oxygen atoms in total. The van der Waals surface area contributed by atoms with Crippen LogP contribution in [0.2, 0.25) is 0 Å². The van der Waals surface area contributed by atoms with Crippen LogP contribution in [0.5, 0.6) is 0 Å². The molecule has 3 aromatic carbocycles. The Labute approximate surface area is 292 Å². The van der Waals surface area contributed by atoms with E-state index in [9.17, 15) is 9.59 Å². The number of nitrogens with two attached hydrogens (primary N) is 1. The van der Waals surface area contributed by atoms with Crippen LogP contribution in [0, 0.1) is 6.92 Å². The van der Waals surface area contributed by atoms with E-state index in [0.717, 1.165) is 67.2 Å². The minimum atomic E-state index is 0.0930. The van der Waals surface area contributed by atoms with E-state index in [1.54, 1.807) is 0 Å². The summed E-state index contributed by atoms with van der Waals surface area (Å²) in [5.74, 6) is 0.234. The number of unbranched alkanes of at least 4 members (excludes halogenated alkanes) is 2. The minimum absolute atomic E-state index is 0.0930. The quantitative estimate of drug-likeness (QED) is 0.184. The molecule has 1 aromatic heterocycles. The van der Waals surface area contributed by atoms with Gasteiger partial charge in [-0.05, 0) is 96.5 Å². The van der Waals surface area contributed by atoms with Crippen LogP contribution in [0.15, 0.2) is 66.7 Å². The molecule has 0 radical (unpaired) electrons. The zero-order chi connectivity index (χ0) is 34.9. The van der Waals surface area contributed by atoms with Gasteiger partial charge in [0.15, 0.2) is 0 Å². The first kappa shape index (κ1) is 35.7. The standard InChI is InChI=1S/C41H49N3O2.CH3NO/c1-5-7-18-35-29(3)42(4)40(36(35)19-8-6-2)37-25-32-21-22-43(39(45)24-30-14-10-9-11-15-30)28-34(32)26-38(37)41(46)44-23-20-31-16-12-13-17-33(31)27-44;2-1-3/h9-17,25-26H,5-8,18-24,27-28H2,1-4H3;1H,(H2,2,3). The van der Waals surface area contributed by atoms with Gasteiger partial charge < -0.3 is 20.1 Å². The van der Waals surface area contributed by atoms with Gasteiger partial charge >= 0.3 is 0 Å². The fraction of sp³-hybridized carbons (Fsp3) is 0.405. The number of nitrogens with zero attached hydrogens (tertiary/aromatic N) is 3. The fourth-order valence-corrected chi connectivity index (χ4v) is 7.50. The Kier molecular flexibility index (Phi) is 12.1. The van der Waals surface area contributed by atoms with E-state index in [4.69, 9.17) is 4.79 Å². The second kappa shape index (κ2) is 16.6. The van der Waals surface area contributed by atoms with Gasteiger partial charge in [0.05, 0.1) is 12.1 Å². The topological polar surface area (TPSA) is 88.6 Å². The number of primary amides is 1. The van der Waals surface area contributed by atoms with Gasteiger partial charge in [-0.25, -0.2) is 0 Å². The summed E-state index contributed by atoms with van der Waals surface area (Å²) in [6.45, 7) is 9.35. The van der Waals surface area contributed by atoms with Crippen LogP contribution in [0.25, 0.3) is 11.3 Å². The van der Waals surface area contributed by atoms with Gasteiger partial charge in [-0.1, -0.05) is 81.3 Å². The first-order valence-corrected chi connectivity index (χ1v) is 18.0. The molecule has 2 N–H and O–H groups in total. The van der Waals surface area contributed by atoms with Gasteiger partial charge in [0.25, 0.3) is 5.91 Å². The summed E-state index contributed by atoms with van der Waals surface area (Å²) in [5, 5.41) is 0. The Morgan fingerprint density at radius 3 is 2.06 bits per heavy atom. The molecule has 2 aliphatic rings. The molecule has 0 bridgehead atoms. The Bertz CT molecular complexity index is 1770. The predicted octanol–water partition coefficient (Wildman–Crippen LogP) is 7.11.